The van der Waals surface area contributed by atoms with Crippen molar-refractivity contribution < 1.29 is 22.4 Å². The van der Waals surface area contributed by atoms with Gasteiger partial charge < -0.3 is 14.2 Å². The Labute approximate surface area is 208 Å². The second kappa shape index (κ2) is 9.61. The molecule has 0 radical (unpaired) electrons. The molecule has 1 fully saturated rings. The number of furan rings is 1. The topological polar surface area (TPSA) is 52.8 Å². The number of fused-ring (bicyclic) bond motifs is 1. The molecule has 2 aromatic heterocycles. The molecule has 6 nitrogen and oxygen atoms in total. The van der Waals surface area contributed by atoms with Crippen molar-refractivity contribution in [1.82, 2.24) is 14.8 Å². The average molecular weight is 499 g/mol. The Hall–Kier alpha value is -3.33. The molecular formula is C27H29F3N4O2. The van der Waals surface area contributed by atoms with E-state index in [0.717, 1.165) is 40.8 Å². The third-order valence-electron chi connectivity index (χ3n) is 7.15. The number of pyridine rings is 1. The minimum absolute atomic E-state index is 0.0402. The first-order valence-electron chi connectivity index (χ1n) is 12.2. The minimum atomic E-state index is -4.40. The summed E-state index contributed by atoms with van der Waals surface area (Å²) < 4.78 is 44.3. The number of rotatable bonds is 4. The number of alkyl halides is 3. The maximum Gasteiger partial charge on any atom is 0.417 e. The Bertz CT molecular complexity index is 1260. The van der Waals surface area contributed by atoms with Crippen molar-refractivity contribution in [2.24, 2.45) is 0 Å². The molecule has 0 unspecified atom stereocenters. The van der Waals surface area contributed by atoms with Crippen molar-refractivity contribution in [1.29, 1.82) is 0 Å². The van der Waals surface area contributed by atoms with Crippen LogP contribution in [-0.4, -0.2) is 65.5 Å². The minimum Gasteiger partial charge on any atom is -0.464 e. The van der Waals surface area contributed by atoms with Crippen LogP contribution in [0.25, 0.3) is 16.5 Å². The number of nitrogens with zero attached hydrogens (tertiary/aromatic N) is 4. The van der Waals surface area contributed by atoms with Crippen LogP contribution >= 0.6 is 0 Å². The van der Waals surface area contributed by atoms with Crippen LogP contribution < -0.4 is 4.90 Å². The molecule has 4 heterocycles. The summed E-state index contributed by atoms with van der Waals surface area (Å²) >= 11 is 0. The molecule has 2 atom stereocenters. The molecule has 2 aliphatic rings. The summed E-state index contributed by atoms with van der Waals surface area (Å²) in [5, 5.41) is 1.04. The summed E-state index contributed by atoms with van der Waals surface area (Å²) in [6.45, 7) is 6.77. The Balaban J connectivity index is 1.23. The normalized spacial score (nSPS) is 21.6. The fourth-order valence-corrected chi connectivity index (χ4v) is 5.25. The highest BCUT2D eigenvalue weighted by molar-refractivity contribution is 5.91. The Morgan fingerprint density at radius 2 is 1.89 bits per heavy atom. The number of hydrogen-bond acceptors (Lipinski definition) is 5. The first-order chi connectivity index (χ1) is 17.2. The van der Waals surface area contributed by atoms with Crippen LogP contribution in [-0.2, 0) is 11.0 Å². The Morgan fingerprint density at radius 1 is 1.11 bits per heavy atom. The number of carbonyl (C=O) groups is 1. The van der Waals surface area contributed by atoms with E-state index in [0.29, 0.717) is 38.5 Å². The van der Waals surface area contributed by atoms with E-state index in [9.17, 15) is 18.0 Å². The van der Waals surface area contributed by atoms with E-state index in [2.05, 4.69) is 16.0 Å². The number of benzene rings is 1. The van der Waals surface area contributed by atoms with Crippen LogP contribution in [0.3, 0.4) is 0 Å². The lowest BCUT2D eigenvalue weighted by atomic mass is 9.99. The van der Waals surface area contributed by atoms with Crippen LogP contribution in [0.4, 0.5) is 19.0 Å². The van der Waals surface area contributed by atoms with Gasteiger partial charge in [-0.3, -0.25) is 9.69 Å². The van der Waals surface area contributed by atoms with E-state index in [-0.39, 0.29) is 18.0 Å². The molecule has 5 rings (SSSR count). The van der Waals surface area contributed by atoms with Gasteiger partial charge in [-0.05, 0) is 44.0 Å². The Kier molecular flexibility index (Phi) is 6.51. The molecular weight excluding hydrogens is 469 g/mol. The number of carbonyl (C=O) groups excluding carboxylic acids is 1. The van der Waals surface area contributed by atoms with E-state index in [1.807, 2.05) is 47.9 Å². The number of piperazine rings is 1. The highest BCUT2D eigenvalue weighted by atomic mass is 19.4. The fourth-order valence-electron chi connectivity index (χ4n) is 5.25. The number of halogens is 3. The molecule has 0 saturated carbocycles. The van der Waals surface area contributed by atoms with Gasteiger partial charge in [-0.25, -0.2) is 4.98 Å². The Morgan fingerprint density at radius 3 is 2.58 bits per heavy atom. The third-order valence-corrected chi connectivity index (χ3v) is 7.15. The molecule has 2 aliphatic heterocycles. The number of aromatic nitrogens is 1. The first kappa shape index (κ1) is 24.4. The van der Waals surface area contributed by atoms with Crippen LogP contribution in [0.15, 0.2) is 59.4 Å². The summed E-state index contributed by atoms with van der Waals surface area (Å²) in [5.41, 5.74) is 2.20. The van der Waals surface area contributed by atoms with E-state index in [1.165, 1.54) is 6.07 Å². The van der Waals surface area contributed by atoms with E-state index < -0.39 is 11.7 Å². The lowest BCUT2D eigenvalue weighted by Gasteiger charge is -2.45. The highest BCUT2D eigenvalue weighted by Gasteiger charge is 2.34. The lowest BCUT2D eigenvalue weighted by molar-refractivity contribution is -0.137. The molecule has 3 aromatic rings. The first-order valence-corrected chi connectivity index (χ1v) is 12.2. The maximum absolute atomic E-state index is 13.3. The number of amides is 1. The van der Waals surface area contributed by atoms with Gasteiger partial charge in [-0.2, -0.15) is 13.2 Å². The zero-order chi connectivity index (χ0) is 25.4. The van der Waals surface area contributed by atoms with Gasteiger partial charge in [0.15, 0.2) is 0 Å². The summed E-state index contributed by atoms with van der Waals surface area (Å²) in [6, 6.07) is 10.6. The van der Waals surface area contributed by atoms with Gasteiger partial charge in [-0.1, -0.05) is 24.3 Å². The molecule has 190 valence electrons. The monoisotopic (exact) mass is 498 g/mol. The second-order valence-corrected chi connectivity index (χ2v) is 9.66. The number of para-hydroxylation sites is 1. The molecule has 0 bridgehead atoms. The van der Waals surface area contributed by atoms with Crippen molar-refractivity contribution >= 4 is 28.3 Å². The number of hydrogen-bond donors (Lipinski definition) is 0. The van der Waals surface area contributed by atoms with Crippen molar-refractivity contribution in [2.75, 3.05) is 37.6 Å². The summed E-state index contributed by atoms with van der Waals surface area (Å²) in [6.07, 6.45) is 1.13. The van der Waals surface area contributed by atoms with Crippen LogP contribution in [0.1, 0.15) is 31.4 Å². The molecule has 9 heteroatoms. The molecule has 1 aromatic carbocycles. The van der Waals surface area contributed by atoms with Crippen LogP contribution in [0, 0.1) is 0 Å². The quantitative estimate of drug-likeness (QED) is 0.503. The second-order valence-electron chi connectivity index (χ2n) is 9.66. The van der Waals surface area contributed by atoms with Gasteiger partial charge >= 0.3 is 6.18 Å². The van der Waals surface area contributed by atoms with Gasteiger partial charge in [0.05, 0.1) is 18.4 Å². The summed E-state index contributed by atoms with van der Waals surface area (Å²) in [4.78, 5) is 23.4. The fraction of sp³-hybridized carbons (Fsp3) is 0.407. The maximum atomic E-state index is 13.3. The standard InChI is InChI=1S/C27H29F3N4O2/c1-18-14-33(24-9-8-22(13-31-24)27(28,29)30)15-19(2)34(18)17-25(35)32-11-4-6-21(16-32)23-7-3-5-20-10-12-36-26(20)23/h3,5-10,12-13,18-19H,4,11,14-17H2,1-2H3/t18-,19+. The van der Waals surface area contributed by atoms with Gasteiger partial charge in [0.25, 0.3) is 0 Å². The van der Waals surface area contributed by atoms with Crippen molar-refractivity contribution in [3.05, 3.63) is 66.1 Å². The lowest BCUT2D eigenvalue weighted by Crippen LogP contribution is -2.59. The zero-order valence-corrected chi connectivity index (χ0v) is 20.3. The molecule has 0 aliphatic carbocycles. The van der Waals surface area contributed by atoms with E-state index in [4.69, 9.17) is 4.42 Å². The van der Waals surface area contributed by atoms with Gasteiger partial charge in [-0.15, -0.1) is 0 Å². The molecule has 36 heavy (non-hydrogen) atoms. The third kappa shape index (κ3) is 4.84. The van der Waals surface area contributed by atoms with Crippen molar-refractivity contribution in [3.8, 4) is 0 Å². The predicted octanol–water partition coefficient (Wildman–Crippen LogP) is 5.06. The molecule has 1 saturated heterocycles. The molecule has 0 N–H and O–H groups in total. The largest absolute Gasteiger partial charge is 0.464 e. The van der Waals surface area contributed by atoms with Gasteiger partial charge in [0.2, 0.25) is 5.91 Å². The van der Waals surface area contributed by atoms with Crippen LogP contribution in [0.5, 0.6) is 0 Å². The highest BCUT2D eigenvalue weighted by Crippen LogP contribution is 2.31. The zero-order valence-electron chi connectivity index (χ0n) is 20.3. The van der Waals surface area contributed by atoms with Gasteiger partial charge in [0.1, 0.15) is 11.4 Å². The van der Waals surface area contributed by atoms with Crippen molar-refractivity contribution in [3.63, 3.8) is 0 Å². The summed E-state index contributed by atoms with van der Waals surface area (Å²) in [7, 11) is 0. The molecule has 1 amide bonds. The smallest absolute Gasteiger partial charge is 0.417 e. The van der Waals surface area contributed by atoms with E-state index >= 15 is 0 Å². The molecule has 0 spiro atoms. The SMILES string of the molecule is C[C@@H]1CN(c2ccc(C(F)(F)F)cn2)C[C@H](C)N1CC(=O)N1CCC=C(c2cccc3ccoc23)C1. The van der Waals surface area contributed by atoms with Crippen LogP contribution in [0.2, 0.25) is 0 Å². The predicted molar refractivity (Wildman–Crippen MR) is 132 cm³/mol. The average Bonchev–Trinajstić information content (AvgIpc) is 3.35. The van der Waals surface area contributed by atoms with Gasteiger partial charge in [0, 0.05) is 55.4 Å². The number of anilines is 1. The summed E-state index contributed by atoms with van der Waals surface area (Å²) in [5.74, 6) is 0.595. The van der Waals surface area contributed by atoms with E-state index in [1.54, 1.807) is 6.26 Å². The van der Waals surface area contributed by atoms with Crippen molar-refractivity contribution in [2.45, 2.75) is 38.5 Å².